The zero-order valence-corrected chi connectivity index (χ0v) is 18.6. The van der Waals surface area contributed by atoms with Crippen LogP contribution in [-0.4, -0.2) is 33.2 Å². The number of nitrogens with one attached hydrogen (secondary N) is 1. The normalized spacial score (nSPS) is 11.5. The van der Waals surface area contributed by atoms with E-state index in [4.69, 9.17) is 21.3 Å². The van der Waals surface area contributed by atoms with Crippen LogP contribution in [0.15, 0.2) is 60.7 Å². The lowest BCUT2D eigenvalue weighted by Gasteiger charge is -2.21. The fourth-order valence-corrected chi connectivity index (χ4v) is 3.42. The summed E-state index contributed by atoms with van der Waals surface area (Å²) >= 11 is 6.02. The van der Waals surface area contributed by atoms with Gasteiger partial charge in [0.15, 0.2) is 5.65 Å². The molecule has 2 heterocycles. The zero-order chi connectivity index (χ0) is 22.2. The quantitative estimate of drug-likeness (QED) is 0.476. The molecular weight excluding hydrogens is 412 g/mol. The van der Waals surface area contributed by atoms with Crippen molar-refractivity contribution in [3.05, 3.63) is 71.4 Å². The maximum Gasteiger partial charge on any atom is 0.270 e. The molecule has 0 spiro atoms. The van der Waals surface area contributed by atoms with Gasteiger partial charge in [-0.25, -0.2) is 9.50 Å². The second-order valence-electron chi connectivity index (χ2n) is 8.24. The topological polar surface area (TPSA) is 68.5 Å². The molecule has 1 amide bonds. The minimum atomic E-state index is -0.399. The Labute approximate surface area is 185 Å². The van der Waals surface area contributed by atoms with Gasteiger partial charge in [-0.1, -0.05) is 35.9 Å². The minimum Gasteiger partial charge on any atom is -0.496 e. The summed E-state index contributed by atoms with van der Waals surface area (Å²) in [6.45, 7) is 5.81. The summed E-state index contributed by atoms with van der Waals surface area (Å²) in [5.41, 5.74) is 3.57. The second-order valence-corrected chi connectivity index (χ2v) is 8.67. The molecule has 0 saturated heterocycles. The Bertz CT molecular complexity index is 1260. The zero-order valence-electron chi connectivity index (χ0n) is 17.8. The van der Waals surface area contributed by atoms with Gasteiger partial charge in [-0.3, -0.25) is 4.79 Å². The van der Waals surface area contributed by atoms with E-state index in [0.717, 1.165) is 11.1 Å². The van der Waals surface area contributed by atoms with Crippen molar-refractivity contribution < 1.29 is 9.53 Å². The van der Waals surface area contributed by atoms with E-state index in [1.54, 1.807) is 17.7 Å². The first-order valence-electron chi connectivity index (χ1n) is 9.88. The van der Waals surface area contributed by atoms with Crippen molar-refractivity contribution in [3.8, 4) is 28.3 Å². The van der Waals surface area contributed by atoms with Gasteiger partial charge in [0.25, 0.3) is 5.91 Å². The van der Waals surface area contributed by atoms with Crippen molar-refractivity contribution in [1.29, 1.82) is 0 Å². The molecule has 0 aliphatic carbocycles. The second kappa shape index (κ2) is 8.04. The number of benzene rings is 2. The molecule has 7 heteroatoms. The smallest absolute Gasteiger partial charge is 0.270 e. The van der Waals surface area contributed by atoms with Crippen LogP contribution in [0.5, 0.6) is 5.75 Å². The summed E-state index contributed by atoms with van der Waals surface area (Å²) in [7, 11) is 1.61. The van der Waals surface area contributed by atoms with Crippen molar-refractivity contribution in [1.82, 2.24) is 19.9 Å². The summed E-state index contributed by atoms with van der Waals surface area (Å²) in [6.07, 6.45) is 0. The summed E-state index contributed by atoms with van der Waals surface area (Å²) in [6, 6.07) is 18.6. The van der Waals surface area contributed by atoms with Gasteiger partial charge >= 0.3 is 0 Å². The van der Waals surface area contributed by atoms with Gasteiger partial charge in [0.1, 0.15) is 11.4 Å². The Hall–Kier alpha value is -3.38. The van der Waals surface area contributed by atoms with Crippen LogP contribution in [0.4, 0.5) is 0 Å². The number of hydrogen-bond acceptors (Lipinski definition) is 4. The Morgan fingerprint density at radius 1 is 1.03 bits per heavy atom. The molecule has 0 atom stereocenters. The molecular formula is C24H23ClN4O2. The number of halogens is 1. The molecule has 0 unspecified atom stereocenters. The number of methoxy groups -OCH3 is 1. The highest BCUT2D eigenvalue weighted by Crippen LogP contribution is 2.30. The van der Waals surface area contributed by atoms with Crippen LogP contribution in [0, 0.1) is 0 Å². The first kappa shape index (κ1) is 20.9. The number of amides is 1. The van der Waals surface area contributed by atoms with Gasteiger partial charge in [-0.2, -0.15) is 5.10 Å². The van der Waals surface area contributed by atoms with Crippen LogP contribution in [0.3, 0.4) is 0 Å². The standard InChI is InChI=1S/C24H23ClN4O2/c1-24(2,3)27-23(30)20-13-19(17-7-5-6-8-21(17)31-4)26-22-14-18(28-29(20)22)15-9-11-16(25)12-10-15/h5-14H,1-4H3,(H,27,30). The number of carbonyl (C=O) groups excluding carboxylic acids is 1. The Morgan fingerprint density at radius 3 is 2.42 bits per heavy atom. The molecule has 2 aromatic carbocycles. The highest BCUT2D eigenvalue weighted by Gasteiger charge is 2.21. The Kier molecular flexibility index (Phi) is 5.41. The van der Waals surface area contributed by atoms with Crippen molar-refractivity contribution in [2.24, 2.45) is 0 Å². The molecule has 31 heavy (non-hydrogen) atoms. The van der Waals surface area contributed by atoms with Gasteiger partial charge in [0.05, 0.1) is 18.5 Å². The van der Waals surface area contributed by atoms with E-state index in [2.05, 4.69) is 10.4 Å². The van der Waals surface area contributed by atoms with Gasteiger partial charge in [0.2, 0.25) is 0 Å². The number of hydrogen-bond donors (Lipinski definition) is 1. The van der Waals surface area contributed by atoms with Crippen LogP contribution in [0.1, 0.15) is 31.3 Å². The fraction of sp³-hybridized carbons (Fsp3) is 0.208. The molecule has 0 fully saturated rings. The summed E-state index contributed by atoms with van der Waals surface area (Å²) in [4.78, 5) is 17.9. The molecule has 6 nitrogen and oxygen atoms in total. The lowest BCUT2D eigenvalue weighted by molar-refractivity contribution is 0.0912. The Morgan fingerprint density at radius 2 is 1.74 bits per heavy atom. The van der Waals surface area contributed by atoms with Crippen LogP contribution in [0.2, 0.25) is 5.02 Å². The van der Waals surface area contributed by atoms with E-state index in [0.29, 0.717) is 33.5 Å². The van der Waals surface area contributed by atoms with Crippen LogP contribution < -0.4 is 10.1 Å². The first-order valence-corrected chi connectivity index (χ1v) is 10.3. The first-order chi connectivity index (χ1) is 14.7. The van der Waals surface area contributed by atoms with Crippen molar-refractivity contribution in [2.75, 3.05) is 7.11 Å². The number of para-hydroxylation sites is 1. The lowest BCUT2D eigenvalue weighted by Crippen LogP contribution is -2.41. The molecule has 0 bridgehead atoms. The number of fused-ring (bicyclic) bond motifs is 1. The number of rotatable bonds is 4. The third-order valence-electron chi connectivity index (χ3n) is 4.67. The van der Waals surface area contributed by atoms with Gasteiger partial charge in [-0.05, 0) is 51.1 Å². The number of aromatic nitrogens is 3. The maximum atomic E-state index is 13.2. The summed E-state index contributed by atoms with van der Waals surface area (Å²) in [5, 5.41) is 8.32. The van der Waals surface area contributed by atoms with E-state index >= 15 is 0 Å². The fourth-order valence-electron chi connectivity index (χ4n) is 3.30. The monoisotopic (exact) mass is 434 g/mol. The lowest BCUT2D eigenvalue weighted by atomic mass is 10.1. The number of nitrogens with zero attached hydrogens (tertiary/aromatic N) is 3. The molecule has 0 saturated carbocycles. The van der Waals surface area contributed by atoms with Gasteiger partial charge in [0, 0.05) is 27.8 Å². The van der Waals surface area contributed by atoms with Gasteiger partial charge in [-0.15, -0.1) is 0 Å². The molecule has 1 N–H and O–H groups in total. The molecule has 0 radical (unpaired) electrons. The molecule has 158 valence electrons. The van der Waals surface area contributed by atoms with Crippen LogP contribution >= 0.6 is 11.6 Å². The van der Waals surface area contributed by atoms with Crippen LogP contribution in [0.25, 0.3) is 28.2 Å². The minimum absolute atomic E-state index is 0.234. The predicted molar refractivity (Wildman–Crippen MR) is 123 cm³/mol. The molecule has 4 aromatic rings. The number of carbonyl (C=O) groups is 1. The predicted octanol–water partition coefficient (Wildman–Crippen LogP) is 5.25. The van der Waals surface area contributed by atoms with E-state index < -0.39 is 5.54 Å². The van der Waals surface area contributed by atoms with Crippen molar-refractivity contribution in [2.45, 2.75) is 26.3 Å². The van der Waals surface area contributed by atoms with Crippen LogP contribution in [-0.2, 0) is 0 Å². The average molecular weight is 435 g/mol. The van der Waals surface area contributed by atoms with Crippen molar-refractivity contribution in [3.63, 3.8) is 0 Å². The van der Waals surface area contributed by atoms with Gasteiger partial charge < -0.3 is 10.1 Å². The van der Waals surface area contributed by atoms with Crippen molar-refractivity contribution >= 4 is 23.2 Å². The van der Waals surface area contributed by atoms with E-state index in [1.165, 1.54) is 0 Å². The SMILES string of the molecule is COc1ccccc1-c1cc(C(=O)NC(C)(C)C)n2nc(-c3ccc(Cl)cc3)cc2n1. The summed E-state index contributed by atoms with van der Waals surface area (Å²) in [5.74, 6) is 0.445. The third kappa shape index (κ3) is 4.39. The largest absolute Gasteiger partial charge is 0.496 e. The highest BCUT2D eigenvalue weighted by molar-refractivity contribution is 6.30. The van der Waals surface area contributed by atoms with E-state index in [-0.39, 0.29) is 5.91 Å². The van der Waals surface area contributed by atoms with E-state index in [9.17, 15) is 4.79 Å². The molecule has 4 rings (SSSR count). The molecule has 2 aromatic heterocycles. The summed E-state index contributed by atoms with van der Waals surface area (Å²) < 4.78 is 7.08. The average Bonchev–Trinajstić information content (AvgIpc) is 3.16. The molecule has 0 aliphatic heterocycles. The highest BCUT2D eigenvalue weighted by atomic mass is 35.5. The third-order valence-corrected chi connectivity index (χ3v) is 4.92. The molecule has 0 aliphatic rings. The number of ether oxygens (including phenoxy) is 1. The van der Waals surface area contributed by atoms with E-state index in [1.807, 2.05) is 75.4 Å². The maximum absolute atomic E-state index is 13.2. The Balaban J connectivity index is 1.92.